The SMILES string of the molecule is Cc1cccc(C(=O)Cc2cc3cn(CC(=O)OC(C)(C)C)nc3cc2OCc2ccccc2)n1. The van der Waals surface area contributed by atoms with Gasteiger partial charge in [0.15, 0.2) is 5.78 Å². The number of rotatable bonds is 8. The van der Waals surface area contributed by atoms with Crippen molar-refractivity contribution in [2.75, 3.05) is 0 Å². The minimum absolute atomic E-state index is 0.00632. The van der Waals surface area contributed by atoms with Crippen LogP contribution in [0.25, 0.3) is 10.9 Å². The average molecular weight is 472 g/mol. The largest absolute Gasteiger partial charge is 0.489 e. The summed E-state index contributed by atoms with van der Waals surface area (Å²) in [5.74, 6) is 0.107. The molecule has 0 N–H and O–H groups in total. The van der Waals surface area contributed by atoms with E-state index in [2.05, 4.69) is 10.1 Å². The maximum absolute atomic E-state index is 13.0. The number of carbonyl (C=O) groups excluding carboxylic acids is 2. The molecule has 4 rings (SSSR count). The summed E-state index contributed by atoms with van der Waals surface area (Å²) in [5.41, 5.74) is 3.05. The monoisotopic (exact) mass is 471 g/mol. The van der Waals surface area contributed by atoms with Crippen LogP contribution in [0.15, 0.2) is 66.9 Å². The smallest absolute Gasteiger partial charge is 0.328 e. The normalized spacial score (nSPS) is 11.4. The van der Waals surface area contributed by atoms with E-state index in [1.807, 2.05) is 82.3 Å². The molecule has 0 saturated carbocycles. The number of Topliss-reactive ketones (excluding diaryl/α,β-unsaturated/α-hetero) is 1. The molecule has 0 aliphatic carbocycles. The minimum Gasteiger partial charge on any atom is -0.489 e. The maximum atomic E-state index is 13.0. The van der Waals surface area contributed by atoms with E-state index in [0.29, 0.717) is 23.6 Å². The fraction of sp³-hybridized carbons (Fsp3) is 0.286. The fourth-order valence-electron chi connectivity index (χ4n) is 3.71. The van der Waals surface area contributed by atoms with Crippen LogP contribution in [-0.2, 0) is 29.1 Å². The lowest BCUT2D eigenvalue weighted by atomic mass is 10.0. The van der Waals surface area contributed by atoms with Crippen molar-refractivity contribution < 1.29 is 19.1 Å². The van der Waals surface area contributed by atoms with E-state index in [1.54, 1.807) is 16.9 Å². The molecule has 0 amide bonds. The van der Waals surface area contributed by atoms with Crippen LogP contribution in [0.5, 0.6) is 5.75 Å². The van der Waals surface area contributed by atoms with Crippen molar-refractivity contribution in [1.29, 1.82) is 0 Å². The average Bonchev–Trinajstić information content (AvgIpc) is 3.17. The third kappa shape index (κ3) is 6.53. The van der Waals surface area contributed by atoms with Gasteiger partial charge in [-0.2, -0.15) is 5.10 Å². The Morgan fingerprint density at radius 1 is 1.00 bits per heavy atom. The quantitative estimate of drug-likeness (QED) is 0.263. The molecule has 2 heterocycles. The zero-order valence-corrected chi connectivity index (χ0v) is 20.4. The lowest BCUT2D eigenvalue weighted by Crippen LogP contribution is -2.26. The van der Waals surface area contributed by atoms with Gasteiger partial charge in [0.1, 0.15) is 30.2 Å². The highest BCUT2D eigenvalue weighted by Gasteiger charge is 2.19. The van der Waals surface area contributed by atoms with Gasteiger partial charge in [0, 0.05) is 35.3 Å². The lowest BCUT2D eigenvalue weighted by Gasteiger charge is -2.19. The maximum Gasteiger partial charge on any atom is 0.328 e. The summed E-state index contributed by atoms with van der Waals surface area (Å²) in [5, 5.41) is 5.33. The van der Waals surface area contributed by atoms with Gasteiger partial charge in [0.2, 0.25) is 0 Å². The molecule has 35 heavy (non-hydrogen) atoms. The fourth-order valence-corrected chi connectivity index (χ4v) is 3.71. The van der Waals surface area contributed by atoms with Crippen LogP contribution in [0.1, 0.15) is 48.1 Å². The van der Waals surface area contributed by atoms with Crippen LogP contribution in [0.4, 0.5) is 0 Å². The summed E-state index contributed by atoms with van der Waals surface area (Å²) in [6.07, 6.45) is 1.91. The Hall–Kier alpha value is -4.00. The molecule has 2 aromatic carbocycles. The van der Waals surface area contributed by atoms with E-state index in [-0.39, 0.29) is 24.7 Å². The number of aromatic nitrogens is 3. The number of esters is 1. The van der Waals surface area contributed by atoms with Gasteiger partial charge < -0.3 is 9.47 Å². The third-order valence-corrected chi connectivity index (χ3v) is 5.21. The van der Waals surface area contributed by atoms with Gasteiger partial charge in [-0.15, -0.1) is 0 Å². The van der Waals surface area contributed by atoms with Crippen LogP contribution in [-0.4, -0.2) is 32.1 Å². The molecule has 0 radical (unpaired) electrons. The number of pyridine rings is 1. The predicted molar refractivity (Wildman–Crippen MR) is 133 cm³/mol. The molecule has 0 spiro atoms. The molecule has 7 heteroatoms. The van der Waals surface area contributed by atoms with Gasteiger partial charge in [-0.1, -0.05) is 36.4 Å². The summed E-state index contributed by atoms with van der Waals surface area (Å²) < 4.78 is 13.1. The molecule has 7 nitrogen and oxygen atoms in total. The van der Waals surface area contributed by atoms with E-state index in [0.717, 1.165) is 22.2 Å². The Labute approximate surface area is 204 Å². The van der Waals surface area contributed by atoms with Crippen LogP contribution in [0.2, 0.25) is 0 Å². The van der Waals surface area contributed by atoms with Gasteiger partial charge in [-0.05, 0) is 51.5 Å². The minimum atomic E-state index is -0.570. The highest BCUT2D eigenvalue weighted by atomic mass is 16.6. The van der Waals surface area contributed by atoms with E-state index in [4.69, 9.17) is 9.47 Å². The van der Waals surface area contributed by atoms with Crippen LogP contribution >= 0.6 is 0 Å². The zero-order valence-electron chi connectivity index (χ0n) is 20.4. The molecule has 0 unspecified atom stereocenters. The first-order valence-corrected chi connectivity index (χ1v) is 11.5. The van der Waals surface area contributed by atoms with Crippen molar-refractivity contribution in [2.45, 2.75) is 52.9 Å². The van der Waals surface area contributed by atoms with Crippen molar-refractivity contribution in [3.63, 3.8) is 0 Å². The van der Waals surface area contributed by atoms with Gasteiger partial charge >= 0.3 is 5.97 Å². The molecule has 2 aromatic heterocycles. The highest BCUT2D eigenvalue weighted by molar-refractivity contribution is 5.97. The molecular weight excluding hydrogens is 442 g/mol. The summed E-state index contributed by atoms with van der Waals surface area (Å²) in [7, 11) is 0. The Bertz CT molecular complexity index is 1350. The van der Waals surface area contributed by atoms with Crippen LogP contribution < -0.4 is 4.74 Å². The summed E-state index contributed by atoms with van der Waals surface area (Å²) in [6.45, 7) is 7.69. The van der Waals surface area contributed by atoms with E-state index in [9.17, 15) is 9.59 Å². The number of carbonyl (C=O) groups is 2. The molecule has 0 saturated heterocycles. The van der Waals surface area contributed by atoms with Crippen molar-refractivity contribution in [2.24, 2.45) is 0 Å². The highest BCUT2D eigenvalue weighted by Crippen LogP contribution is 2.28. The second-order valence-electron chi connectivity index (χ2n) is 9.47. The van der Waals surface area contributed by atoms with E-state index in [1.165, 1.54) is 0 Å². The number of fused-ring (bicyclic) bond motifs is 1. The third-order valence-electron chi connectivity index (χ3n) is 5.21. The summed E-state index contributed by atoms with van der Waals surface area (Å²) >= 11 is 0. The number of ether oxygens (including phenoxy) is 2. The predicted octanol–water partition coefficient (Wildman–Crippen LogP) is 5.09. The molecule has 0 aliphatic heterocycles. The Kier molecular flexibility index (Phi) is 6.96. The number of hydrogen-bond donors (Lipinski definition) is 0. The molecule has 4 aromatic rings. The second kappa shape index (κ2) is 10.1. The topological polar surface area (TPSA) is 83.3 Å². The van der Waals surface area contributed by atoms with Crippen LogP contribution in [0.3, 0.4) is 0 Å². The van der Waals surface area contributed by atoms with Gasteiger partial charge in [0.05, 0.1) is 5.52 Å². The molecule has 0 atom stereocenters. The Morgan fingerprint density at radius 2 is 1.77 bits per heavy atom. The second-order valence-corrected chi connectivity index (χ2v) is 9.47. The number of nitrogens with zero attached hydrogens (tertiary/aromatic N) is 3. The first kappa shape index (κ1) is 24.1. The molecule has 0 aliphatic rings. The Morgan fingerprint density at radius 3 is 2.49 bits per heavy atom. The summed E-state index contributed by atoms with van der Waals surface area (Å²) in [6, 6.07) is 18.9. The standard InChI is InChI=1S/C28H29N3O4/c1-19-9-8-12-23(29-19)25(32)14-21-13-22-16-31(17-27(33)35-28(2,3)4)30-24(22)15-26(21)34-18-20-10-6-5-7-11-20/h5-13,15-16H,14,17-18H2,1-4H3. The van der Waals surface area contributed by atoms with Crippen molar-refractivity contribution >= 4 is 22.7 Å². The number of benzene rings is 2. The Balaban J connectivity index is 1.63. The van der Waals surface area contributed by atoms with Gasteiger partial charge in [-0.3, -0.25) is 19.3 Å². The molecular formula is C28H29N3O4. The number of aryl methyl sites for hydroxylation is 1. The number of ketones is 1. The van der Waals surface area contributed by atoms with Gasteiger partial charge in [0.25, 0.3) is 0 Å². The zero-order chi connectivity index (χ0) is 25.0. The number of hydrogen-bond acceptors (Lipinski definition) is 6. The van der Waals surface area contributed by atoms with Crippen molar-refractivity contribution in [3.05, 3.63) is 89.4 Å². The first-order valence-electron chi connectivity index (χ1n) is 11.5. The van der Waals surface area contributed by atoms with Gasteiger partial charge in [-0.25, -0.2) is 0 Å². The molecule has 0 fully saturated rings. The summed E-state index contributed by atoms with van der Waals surface area (Å²) in [4.78, 5) is 29.6. The van der Waals surface area contributed by atoms with E-state index < -0.39 is 5.60 Å². The first-order chi connectivity index (χ1) is 16.7. The molecule has 0 bridgehead atoms. The van der Waals surface area contributed by atoms with Crippen molar-refractivity contribution in [1.82, 2.24) is 14.8 Å². The van der Waals surface area contributed by atoms with Crippen molar-refractivity contribution in [3.8, 4) is 5.75 Å². The lowest BCUT2D eigenvalue weighted by molar-refractivity contribution is -0.155. The van der Waals surface area contributed by atoms with Crippen LogP contribution in [0, 0.1) is 6.92 Å². The molecule has 180 valence electrons. The van der Waals surface area contributed by atoms with E-state index >= 15 is 0 Å².